The number of hydrogen-bond acceptors (Lipinski definition) is 5. The Morgan fingerprint density at radius 3 is 2.44 bits per heavy atom. The first-order valence-corrected chi connectivity index (χ1v) is 12.8. The Kier molecular flexibility index (Phi) is 8.61. The van der Waals surface area contributed by atoms with Crippen LogP contribution in [0.15, 0.2) is 73.1 Å². The lowest BCUT2D eigenvalue weighted by Gasteiger charge is -2.22. The van der Waals surface area contributed by atoms with Crippen LogP contribution in [0.3, 0.4) is 0 Å². The summed E-state index contributed by atoms with van der Waals surface area (Å²) in [5.74, 6) is -0.650. The summed E-state index contributed by atoms with van der Waals surface area (Å²) < 4.78 is 25.7. The van der Waals surface area contributed by atoms with Crippen LogP contribution in [0.25, 0.3) is 0 Å². The van der Waals surface area contributed by atoms with Crippen LogP contribution in [0, 0.1) is 0 Å². The van der Waals surface area contributed by atoms with Crippen LogP contribution in [0.1, 0.15) is 28.8 Å². The van der Waals surface area contributed by atoms with Gasteiger partial charge in [-0.05, 0) is 54.4 Å². The summed E-state index contributed by atoms with van der Waals surface area (Å²) in [6.45, 7) is 0.433. The minimum absolute atomic E-state index is 0.0747. The third-order valence-corrected chi connectivity index (χ3v) is 6.35. The average molecular weight is 501 g/mol. The van der Waals surface area contributed by atoms with Gasteiger partial charge in [-0.1, -0.05) is 29.8 Å². The predicted octanol–water partition coefficient (Wildman–Crippen LogP) is 3.85. The highest BCUT2D eigenvalue weighted by molar-refractivity contribution is 7.92. The van der Waals surface area contributed by atoms with Crippen molar-refractivity contribution in [1.82, 2.24) is 10.3 Å². The molecule has 0 fully saturated rings. The van der Waals surface area contributed by atoms with Crippen molar-refractivity contribution < 1.29 is 18.0 Å². The van der Waals surface area contributed by atoms with Gasteiger partial charge in [0.2, 0.25) is 15.9 Å². The summed E-state index contributed by atoms with van der Waals surface area (Å²) in [7, 11) is -3.53. The summed E-state index contributed by atoms with van der Waals surface area (Å²) >= 11 is 5.89. The quantitative estimate of drug-likeness (QED) is 0.439. The second kappa shape index (κ2) is 11.6. The first-order chi connectivity index (χ1) is 16.2. The van der Waals surface area contributed by atoms with Crippen LogP contribution in [0.4, 0.5) is 11.4 Å². The van der Waals surface area contributed by atoms with E-state index in [4.69, 9.17) is 11.6 Å². The fourth-order valence-corrected chi connectivity index (χ4v) is 4.35. The molecule has 0 unspecified atom stereocenters. The normalized spacial score (nSPS) is 11.0. The molecule has 2 amide bonds. The van der Waals surface area contributed by atoms with Gasteiger partial charge in [0.25, 0.3) is 5.91 Å². The first kappa shape index (κ1) is 25.2. The molecule has 0 aliphatic heterocycles. The van der Waals surface area contributed by atoms with Gasteiger partial charge in [0.1, 0.15) is 0 Å². The van der Waals surface area contributed by atoms with Gasteiger partial charge in [0, 0.05) is 36.9 Å². The van der Waals surface area contributed by atoms with Crippen LogP contribution in [-0.2, 0) is 21.4 Å². The number of rotatable bonds is 10. The van der Waals surface area contributed by atoms with Crippen molar-refractivity contribution in [2.24, 2.45) is 0 Å². The molecule has 1 aromatic heterocycles. The smallest absolute Gasteiger partial charge is 0.253 e. The standard InChI is InChI=1S/C24H25ClN4O4S/c1-34(32,33)29(20-12-10-19(25)11-13-20)15-5-9-23(30)28-22-8-3-2-7-21(22)24(31)27-17-18-6-4-14-26-16-18/h2-4,6-8,10-14,16H,5,9,15,17H2,1H3,(H,27,31)(H,28,30). The molecule has 34 heavy (non-hydrogen) atoms. The van der Waals surface area contributed by atoms with Gasteiger partial charge in [0.05, 0.1) is 23.2 Å². The van der Waals surface area contributed by atoms with Crippen LogP contribution in [-0.4, -0.2) is 38.0 Å². The van der Waals surface area contributed by atoms with Gasteiger partial charge in [-0.3, -0.25) is 18.9 Å². The maximum Gasteiger partial charge on any atom is 0.253 e. The highest BCUT2D eigenvalue weighted by atomic mass is 35.5. The Hall–Kier alpha value is -3.43. The summed E-state index contributed by atoms with van der Waals surface area (Å²) in [6, 6.07) is 16.8. The SMILES string of the molecule is CS(=O)(=O)N(CCCC(=O)Nc1ccccc1C(=O)NCc1cccnc1)c1ccc(Cl)cc1. The highest BCUT2D eigenvalue weighted by Crippen LogP contribution is 2.21. The Balaban J connectivity index is 1.58. The molecule has 0 atom stereocenters. The molecule has 0 bridgehead atoms. The molecule has 0 saturated carbocycles. The van der Waals surface area contributed by atoms with Crippen LogP contribution in [0.2, 0.25) is 5.02 Å². The number of anilines is 2. The number of nitrogens with zero attached hydrogens (tertiary/aromatic N) is 2. The van der Waals surface area contributed by atoms with E-state index in [0.717, 1.165) is 11.8 Å². The van der Waals surface area contributed by atoms with E-state index in [9.17, 15) is 18.0 Å². The second-order valence-electron chi connectivity index (χ2n) is 7.55. The zero-order valence-corrected chi connectivity index (χ0v) is 20.1. The summed E-state index contributed by atoms with van der Waals surface area (Å²) in [5, 5.41) is 6.06. The van der Waals surface area contributed by atoms with Crippen molar-refractivity contribution >= 4 is 44.8 Å². The molecule has 178 valence electrons. The topological polar surface area (TPSA) is 108 Å². The molecule has 2 N–H and O–H groups in total. The molecule has 8 nitrogen and oxygen atoms in total. The van der Waals surface area contributed by atoms with Crippen LogP contribution in [0.5, 0.6) is 0 Å². The minimum Gasteiger partial charge on any atom is -0.348 e. The van der Waals surface area contributed by atoms with Crippen LogP contribution >= 0.6 is 11.6 Å². The molecule has 3 aromatic rings. The number of para-hydroxylation sites is 1. The molecular formula is C24H25ClN4O4S. The minimum atomic E-state index is -3.53. The second-order valence-corrected chi connectivity index (χ2v) is 9.90. The van der Waals surface area contributed by atoms with Crippen molar-refractivity contribution in [3.63, 3.8) is 0 Å². The van der Waals surface area contributed by atoms with E-state index in [1.807, 2.05) is 6.07 Å². The van der Waals surface area contributed by atoms with Gasteiger partial charge in [-0.15, -0.1) is 0 Å². The summed E-state index contributed by atoms with van der Waals surface area (Å²) in [6.07, 6.45) is 4.79. The third kappa shape index (κ3) is 7.29. The number of carbonyl (C=O) groups excluding carboxylic acids is 2. The molecule has 0 spiro atoms. The van der Waals surface area contributed by atoms with E-state index in [0.29, 0.717) is 28.5 Å². The lowest BCUT2D eigenvalue weighted by Crippen LogP contribution is -2.31. The van der Waals surface area contributed by atoms with Crippen molar-refractivity contribution in [2.45, 2.75) is 19.4 Å². The van der Waals surface area contributed by atoms with E-state index in [1.54, 1.807) is 67.0 Å². The molecule has 10 heteroatoms. The van der Waals surface area contributed by atoms with E-state index >= 15 is 0 Å². The molecule has 1 heterocycles. The number of pyridine rings is 1. The van der Waals surface area contributed by atoms with Gasteiger partial charge < -0.3 is 10.6 Å². The van der Waals surface area contributed by atoms with Crippen LogP contribution < -0.4 is 14.9 Å². The van der Waals surface area contributed by atoms with E-state index in [-0.39, 0.29) is 31.2 Å². The van der Waals surface area contributed by atoms with Crippen molar-refractivity contribution in [3.05, 3.63) is 89.2 Å². The zero-order valence-electron chi connectivity index (χ0n) is 18.6. The van der Waals surface area contributed by atoms with Crippen molar-refractivity contribution in [3.8, 4) is 0 Å². The van der Waals surface area contributed by atoms with E-state index in [2.05, 4.69) is 15.6 Å². The average Bonchev–Trinajstić information content (AvgIpc) is 2.81. The fraction of sp³-hybridized carbons (Fsp3) is 0.208. The lowest BCUT2D eigenvalue weighted by atomic mass is 10.1. The molecule has 3 rings (SSSR count). The number of sulfonamides is 1. The molecule has 2 aromatic carbocycles. The number of amides is 2. The number of carbonyl (C=O) groups is 2. The van der Waals surface area contributed by atoms with Crippen molar-refractivity contribution in [2.75, 3.05) is 22.4 Å². The Bertz CT molecular complexity index is 1240. The summed E-state index contributed by atoms with van der Waals surface area (Å²) in [4.78, 5) is 29.2. The van der Waals surface area contributed by atoms with Crippen molar-refractivity contribution in [1.29, 1.82) is 0 Å². The number of halogens is 1. The molecular weight excluding hydrogens is 476 g/mol. The number of aromatic nitrogens is 1. The Labute approximate surface area is 204 Å². The number of nitrogens with one attached hydrogen (secondary N) is 2. The Morgan fingerprint density at radius 2 is 1.76 bits per heavy atom. The third-order valence-electron chi connectivity index (χ3n) is 4.90. The molecule has 0 aliphatic rings. The van der Waals surface area contributed by atoms with E-state index < -0.39 is 10.0 Å². The maximum atomic E-state index is 12.6. The maximum absolute atomic E-state index is 12.6. The zero-order chi connectivity index (χ0) is 24.6. The Morgan fingerprint density at radius 1 is 1.03 bits per heavy atom. The largest absolute Gasteiger partial charge is 0.348 e. The van der Waals surface area contributed by atoms with Gasteiger partial charge in [-0.25, -0.2) is 8.42 Å². The highest BCUT2D eigenvalue weighted by Gasteiger charge is 2.18. The summed E-state index contributed by atoms with van der Waals surface area (Å²) in [5.41, 5.74) is 2.05. The van der Waals surface area contributed by atoms with E-state index in [1.165, 1.54) is 4.31 Å². The van der Waals surface area contributed by atoms with Gasteiger partial charge in [0.15, 0.2) is 0 Å². The molecule has 0 aliphatic carbocycles. The molecule has 0 radical (unpaired) electrons. The molecule has 0 saturated heterocycles. The monoisotopic (exact) mass is 500 g/mol. The first-order valence-electron chi connectivity index (χ1n) is 10.5. The number of benzene rings is 2. The fourth-order valence-electron chi connectivity index (χ4n) is 3.26. The lowest BCUT2D eigenvalue weighted by molar-refractivity contribution is -0.116. The van der Waals surface area contributed by atoms with Gasteiger partial charge >= 0.3 is 0 Å². The number of hydrogen-bond donors (Lipinski definition) is 2. The predicted molar refractivity (Wildman–Crippen MR) is 133 cm³/mol. The van der Waals surface area contributed by atoms with Gasteiger partial charge in [-0.2, -0.15) is 0 Å².